The molecule has 1 N–H and O–H groups in total. The largest absolute Gasteiger partial charge is 0.465 e. The zero-order valence-electron chi connectivity index (χ0n) is 15.0. The maximum Gasteiger partial charge on any atom is 0.407 e. The number of nitrogens with zero attached hydrogens (tertiary/aromatic N) is 3. The Bertz CT molecular complexity index is 478. The molecule has 3 aliphatic rings. The van der Waals surface area contributed by atoms with Crippen molar-refractivity contribution in [3.8, 4) is 0 Å². The number of carboxylic acid groups (broad SMARTS) is 1. The summed E-state index contributed by atoms with van der Waals surface area (Å²) in [6.07, 6.45) is 4.02. The van der Waals surface area contributed by atoms with E-state index in [0.29, 0.717) is 25.0 Å². The summed E-state index contributed by atoms with van der Waals surface area (Å²) < 4.78 is 0. The molecule has 0 aromatic heterocycles. The Balaban J connectivity index is 1.47. The van der Waals surface area contributed by atoms with Crippen molar-refractivity contribution in [2.75, 3.05) is 39.3 Å². The van der Waals surface area contributed by atoms with Crippen molar-refractivity contribution in [3.63, 3.8) is 0 Å². The van der Waals surface area contributed by atoms with Crippen LogP contribution in [0.25, 0.3) is 0 Å². The Morgan fingerprint density at radius 2 is 1.62 bits per heavy atom. The Kier molecular flexibility index (Phi) is 5.04. The minimum absolute atomic E-state index is 0.173. The van der Waals surface area contributed by atoms with Crippen LogP contribution >= 0.6 is 0 Å². The van der Waals surface area contributed by atoms with Gasteiger partial charge in [-0.3, -0.25) is 9.69 Å². The van der Waals surface area contributed by atoms with Gasteiger partial charge < -0.3 is 14.9 Å². The lowest BCUT2D eigenvalue weighted by molar-refractivity contribution is -0.145. The Hall–Kier alpha value is -1.30. The van der Waals surface area contributed by atoms with Crippen molar-refractivity contribution >= 4 is 12.0 Å². The maximum atomic E-state index is 12.8. The number of hydrogen-bond donors (Lipinski definition) is 1. The Labute approximate surface area is 144 Å². The summed E-state index contributed by atoms with van der Waals surface area (Å²) in [4.78, 5) is 29.9. The van der Waals surface area contributed by atoms with E-state index in [1.165, 1.54) is 4.90 Å². The van der Waals surface area contributed by atoms with Crippen molar-refractivity contribution < 1.29 is 14.7 Å². The summed E-state index contributed by atoms with van der Waals surface area (Å²) >= 11 is 0. The third kappa shape index (κ3) is 3.53. The molecule has 0 radical (unpaired) electrons. The van der Waals surface area contributed by atoms with E-state index < -0.39 is 6.09 Å². The molecule has 0 unspecified atom stereocenters. The number of carbonyl (C=O) groups excluding carboxylic acids is 1. The number of amides is 2. The summed E-state index contributed by atoms with van der Waals surface area (Å²) in [6, 6.07) is 0.548. The van der Waals surface area contributed by atoms with E-state index in [1.807, 2.05) is 0 Å². The third-order valence-electron chi connectivity index (χ3n) is 6.38. The highest BCUT2D eigenvalue weighted by Gasteiger charge is 2.49. The highest BCUT2D eigenvalue weighted by Crippen LogP contribution is 2.53. The zero-order chi connectivity index (χ0) is 17.3. The molecule has 2 aliphatic heterocycles. The molecule has 0 atom stereocenters. The van der Waals surface area contributed by atoms with Crippen LogP contribution in [0.2, 0.25) is 0 Å². The Morgan fingerprint density at radius 1 is 0.958 bits per heavy atom. The smallest absolute Gasteiger partial charge is 0.407 e. The monoisotopic (exact) mass is 337 g/mol. The van der Waals surface area contributed by atoms with E-state index in [1.54, 1.807) is 0 Å². The van der Waals surface area contributed by atoms with Gasteiger partial charge in [0.25, 0.3) is 0 Å². The van der Waals surface area contributed by atoms with Crippen LogP contribution in [-0.4, -0.2) is 77.1 Å². The highest BCUT2D eigenvalue weighted by atomic mass is 16.4. The van der Waals surface area contributed by atoms with Crippen molar-refractivity contribution in [2.45, 2.75) is 52.0 Å². The zero-order valence-corrected chi connectivity index (χ0v) is 15.0. The topological polar surface area (TPSA) is 64.1 Å². The lowest BCUT2D eigenvalue weighted by Crippen LogP contribution is -2.52. The van der Waals surface area contributed by atoms with E-state index in [0.717, 1.165) is 58.3 Å². The molecule has 2 heterocycles. The molecule has 24 heavy (non-hydrogen) atoms. The van der Waals surface area contributed by atoms with Gasteiger partial charge >= 0.3 is 6.09 Å². The predicted molar refractivity (Wildman–Crippen MR) is 91.9 cm³/mol. The molecule has 6 heteroatoms. The molecule has 0 aromatic carbocycles. The van der Waals surface area contributed by atoms with E-state index in [4.69, 9.17) is 5.11 Å². The maximum absolute atomic E-state index is 12.8. The van der Waals surface area contributed by atoms with Gasteiger partial charge in [-0.1, -0.05) is 0 Å². The third-order valence-corrected chi connectivity index (χ3v) is 6.38. The second-order valence-electron chi connectivity index (χ2n) is 8.18. The average Bonchev–Trinajstić information content (AvgIpc) is 2.78. The number of hydrogen-bond acceptors (Lipinski definition) is 3. The van der Waals surface area contributed by atoms with Crippen LogP contribution in [0, 0.1) is 11.3 Å². The second kappa shape index (κ2) is 6.90. The van der Waals surface area contributed by atoms with Crippen molar-refractivity contribution in [2.24, 2.45) is 11.3 Å². The van der Waals surface area contributed by atoms with Gasteiger partial charge in [0, 0.05) is 51.2 Å². The minimum atomic E-state index is -0.809. The van der Waals surface area contributed by atoms with Crippen molar-refractivity contribution in [1.29, 1.82) is 0 Å². The minimum Gasteiger partial charge on any atom is -0.465 e. The fourth-order valence-corrected chi connectivity index (χ4v) is 4.67. The fraction of sp³-hybridized carbons (Fsp3) is 0.889. The van der Waals surface area contributed by atoms with Crippen LogP contribution in [0.15, 0.2) is 0 Å². The number of carbonyl (C=O) groups is 2. The van der Waals surface area contributed by atoms with E-state index in [9.17, 15) is 9.59 Å². The lowest BCUT2D eigenvalue weighted by Gasteiger charge is -2.52. The van der Waals surface area contributed by atoms with E-state index >= 15 is 0 Å². The van der Waals surface area contributed by atoms with Gasteiger partial charge in [-0.2, -0.15) is 0 Å². The molecule has 0 aromatic rings. The van der Waals surface area contributed by atoms with Gasteiger partial charge in [0.1, 0.15) is 0 Å². The fourth-order valence-electron chi connectivity index (χ4n) is 4.67. The van der Waals surface area contributed by atoms with Crippen LogP contribution in [0.1, 0.15) is 46.0 Å². The van der Waals surface area contributed by atoms with Gasteiger partial charge in [-0.15, -0.1) is 0 Å². The number of likely N-dealkylation sites (tertiary alicyclic amines) is 1. The lowest BCUT2D eigenvalue weighted by atomic mass is 9.57. The highest BCUT2D eigenvalue weighted by molar-refractivity contribution is 5.80. The van der Waals surface area contributed by atoms with Crippen LogP contribution < -0.4 is 0 Å². The first-order valence-electron chi connectivity index (χ1n) is 9.41. The van der Waals surface area contributed by atoms with Crippen LogP contribution in [-0.2, 0) is 4.79 Å². The van der Waals surface area contributed by atoms with Gasteiger partial charge in [-0.05, 0) is 51.4 Å². The normalized spacial score (nSPS) is 25.6. The summed E-state index contributed by atoms with van der Waals surface area (Å²) in [5.41, 5.74) is 0.238. The summed E-state index contributed by atoms with van der Waals surface area (Å²) in [7, 11) is 0. The van der Waals surface area contributed by atoms with Crippen LogP contribution in [0.3, 0.4) is 0 Å². The molecule has 1 aliphatic carbocycles. The van der Waals surface area contributed by atoms with Crippen LogP contribution in [0.4, 0.5) is 4.79 Å². The molecular weight excluding hydrogens is 306 g/mol. The SMILES string of the molecule is CC(C)N1CCCN(C(=O)C2CC3(CCN(C(=O)O)CC3)C2)CC1. The molecule has 0 bridgehead atoms. The molecule has 1 saturated carbocycles. The number of rotatable bonds is 2. The first-order chi connectivity index (χ1) is 11.4. The summed E-state index contributed by atoms with van der Waals surface area (Å²) in [5.74, 6) is 0.513. The Morgan fingerprint density at radius 3 is 2.21 bits per heavy atom. The molecule has 3 fully saturated rings. The molecular formula is C18H31N3O3. The van der Waals surface area contributed by atoms with E-state index in [2.05, 4.69) is 23.6 Å². The standard InChI is InChI=1S/C18H31N3O3/c1-14(2)19-6-3-7-20(11-10-19)16(22)15-12-18(13-15)4-8-21(9-5-18)17(23)24/h14-15H,3-13H2,1-2H3,(H,23,24). The summed E-state index contributed by atoms with van der Waals surface area (Å²) in [5, 5.41) is 9.06. The molecule has 136 valence electrons. The molecule has 6 nitrogen and oxygen atoms in total. The molecule has 1 spiro atoms. The average molecular weight is 337 g/mol. The van der Waals surface area contributed by atoms with Gasteiger partial charge in [-0.25, -0.2) is 4.79 Å². The predicted octanol–water partition coefficient (Wildman–Crippen LogP) is 2.10. The van der Waals surface area contributed by atoms with Crippen LogP contribution in [0.5, 0.6) is 0 Å². The quantitative estimate of drug-likeness (QED) is 0.838. The molecule has 3 rings (SSSR count). The molecule has 2 amide bonds. The molecule has 2 saturated heterocycles. The van der Waals surface area contributed by atoms with E-state index in [-0.39, 0.29) is 11.3 Å². The number of piperidine rings is 1. The first-order valence-corrected chi connectivity index (χ1v) is 9.41. The van der Waals surface area contributed by atoms with Gasteiger partial charge in [0.15, 0.2) is 0 Å². The van der Waals surface area contributed by atoms with Crippen molar-refractivity contribution in [3.05, 3.63) is 0 Å². The first kappa shape index (κ1) is 17.5. The van der Waals surface area contributed by atoms with Crippen molar-refractivity contribution in [1.82, 2.24) is 14.7 Å². The summed E-state index contributed by atoms with van der Waals surface area (Å²) in [6.45, 7) is 9.50. The second-order valence-corrected chi connectivity index (χ2v) is 8.18. The van der Waals surface area contributed by atoms with Gasteiger partial charge in [0.2, 0.25) is 5.91 Å². The van der Waals surface area contributed by atoms with Gasteiger partial charge in [0.05, 0.1) is 0 Å².